The Balaban J connectivity index is 1.67. The van der Waals surface area contributed by atoms with Gasteiger partial charge in [-0.05, 0) is 38.1 Å². The van der Waals surface area contributed by atoms with Crippen LogP contribution in [0.4, 0.5) is 0 Å². The lowest BCUT2D eigenvalue weighted by Gasteiger charge is -2.09. The van der Waals surface area contributed by atoms with Gasteiger partial charge in [0.05, 0.1) is 12.3 Å². The van der Waals surface area contributed by atoms with Crippen LogP contribution in [0.15, 0.2) is 53.4 Å². The molecule has 0 unspecified atom stereocenters. The fourth-order valence-electron chi connectivity index (χ4n) is 2.05. The van der Waals surface area contributed by atoms with Crippen molar-refractivity contribution in [3.63, 3.8) is 0 Å². The minimum Gasteiger partial charge on any atom is -0.343 e. The van der Waals surface area contributed by atoms with Gasteiger partial charge in [-0.1, -0.05) is 35.4 Å². The Bertz CT molecular complexity index is 791. The van der Waals surface area contributed by atoms with Gasteiger partial charge < -0.3 is 5.32 Å². The van der Waals surface area contributed by atoms with Crippen LogP contribution in [0.2, 0.25) is 0 Å². The summed E-state index contributed by atoms with van der Waals surface area (Å²) in [6.45, 7) is 3.65. The number of hydrazine groups is 1. The lowest BCUT2D eigenvalue weighted by atomic mass is 10.1. The van der Waals surface area contributed by atoms with E-state index >= 15 is 0 Å². The molecule has 0 aliphatic carbocycles. The molecule has 3 amide bonds. The summed E-state index contributed by atoms with van der Waals surface area (Å²) in [4.78, 5) is 36.4. The van der Waals surface area contributed by atoms with Crippen LogP contribution in [-0.4, -0.2) is 30.0 Å². The Morgan fingerprint density at radius 3 is 2.27 bits per heavy atom. The smallest absolute Gasteiger partial charge is 0.257 e. The van der Waals surface area contributed by atoms with Crippen molar-refractivity contribution >= 4 is 29.5 Å². The molecule has 26 heavy (non-hydrogen) atoms. The molecule has 0 aliphatic heterocycles. The van der Waals surface area contributed by atoms with Crippen LogP contribution in [0.1, 0.15) is 21.5 Å². The standard InChI is InChI=1S/C19H21N3O3S/c1-13-6-8-16(9-7-13)26-12-18(24)22-21-17(23)11-20-19(25)15-5-3-4-14(2)10-15/h3-10H,11-12H2,1-2H3,(H,20,25)(H,21,23)(H,22,24). The van der Waals surface area contributed by atoms with Crippen molar-refractivity contribution in [2.75, 3.05) is 12.3 Å². The van der Waals surface area contributed by atoms with E-state index in [0.717, 1.165) is 16.0 Å². The normalized spacial score (nSPS) is 10.1. The summed E-state index contributed by atoms with van der Waals surface area (Å²) in [5, 5.41) is 2.51. The highest BCUT2D eigenvalue weighted by Crippen LogP contribution is 2.17. The number of nitrogens with one attached hydrogen (secondary N) is 3. The van der Waals surface area contributed by atoms with Crippen LogP contribution in [0.5, 0.6) is 0 Å². The number of rotatable bonds is 6. The van der Waals surface area contributed by atoms with Crippen LogP contribution in [0.3, 0.4) is 0 Å². The summed E-state index contributed by atoms with van der Waals surface area (Å²) >= 11 is 1.37. The van der Waals surface area contributed by atoms with E-state index < -0.39 is 5.91 Å². The summed E-state index contributed by atoms with van der Waals surface area (Å²) in [5.41, 5.74) is 7.20. The zero-order valence-electron chi connectivity index (χ0n) is 14.7. The fraction of sp³-hybridized carbons (Fsp3) is 0.211. The average molecular weight is 371 g/mol. The number of thioether (sulfide) groups is 1. The lowest BCUT2D eigenvalue weighted by Crippen LogP contribution is -2.46. The van der Waals surface area contributed by atoms with Gasteiger partial charge in [0.25, 0.3) is 11.8 Å². The monoisotopic (exact) mass is 371 g/mol. The molecule has 0 aliphatic rings. The molecule has 0 aromatic heterocycles. The van der Waals surface area contributed by atoms with E-state index in [4.69, 9.17) is 0 Å². The van der Waals surface area contributed by atoms with E-state index in [0.29, 0.717) is 5.56 Å². The predicted octanol–water partition coefficient (Wildman–Crippen LogP) is 1.97. The van der Waals surface area contributed by atoms with Crippen molar-refractivity contribution in [1.82, 2.24) is 16.2 Å². The molecule has 0 radical (unpaired) electrons. The lowest BCUT2D eigenvalue weighted by molar-refractivity contribution is -0.127. The number of hydrogen-bond acceptors (Lipinski definition) is 4. The molecule has 136 valence electrons. The molecule has 6 nitrogen and oxygen atoms in total. The second-order valence-corrected chi connectivity index (χ2v) is 6.80. The molecule has 0 heterocycles. The molecular weight excluding hydrogens is 350 g/mol. The van der Waals surface area contributed by atoms with E-state index in [1.165, 1.54) is 11.8 Å². The maximum absolute atomic E-state index is 11.9. The van der Waals surface area contributed by atoms with Crippen molar-refractivity contribution < 1.29 is 14.4 Å². The predicted molar refractivity (Wildman–Crippen MR) is 102 cm³/mol. The molecule has 2 aromatic carbocycles. The second-order valence-electron chi connectivity index (χ2n) is 5.75. The van der Waals surface area contributed by atoms with E-state index in [2.05, 4.69) is 16.2 Å². The largest absolute Gasteiger partial charge is 0.343 e. The van der Waals surface area contributed by atoms with Crippen LogP contribution < -0.4 is 16.2 Å². The third-order valence-corrected chi connectivity index (χ3v) is 4.43. The maximum Gasteiger partial charge on any atom is 0.257 e. The molecular formula is C19H21N3O3S. The first kappa shape index (κ1) is 19.5. The molecule has 0 fully saturated rings. The summed E-state index contributed by atoms with van der Waals surface area (Å²) in [6, 6.07) is 14.9. The van der Waals surface area contributed by atoms with Gasteiger partial charge in [0.1, 0.15) is 0 Å². The first-order valence-corrected chi connectivity index (χ1v) is 9.04. The highest BCUT2D eigenvalue weighted by molar-refractivity contribution is 8.00. The summed E-state index contributed by atoms with van der Waals surface area (Å²) in [6.07, 6.45) is 0. The summed E-state index contributed by atoms with van der Waals surface area (Å²) in [5.74, 6) is -0.988. The maximum atomic E-state index is 11.9. The SMILES string of the molecule is Cc1ccc(SCC(=O)NNC(=O)CNC(=O)c2cccc(C)c2)cc1. The van der Waals surface area contributed by atoms with Crippen molar-refractivity contribution in [2.45, 2.75) is 18.7 Å². The van der Waals surface area contributed by atoms with Gasteiger partial charge in [-0.15, -0.1) is 11.8 Å². The molecule has 0 atom stereocenters. The van der Waals surface area contributed by atoms with Gasteiger partial charge >= 0.3 is 0 Å². The average Bonchev–Trinajstić information content (AvgIpc) is 2.64. The molecule has 0 saturated heterocycles. The van der Waals surface area contributed by atoms with E-state index in [-0.39, 0.29) is 24.1 Å². The molecule has 2 rings (SSSR count). The van der Waals surface area contributed by atoms with Gasteiger partial charge in [0.2, 0.25) is 5.91 Å². The van der Waals surface area contributed by atoms with Crippen LogP contribution in [0.25, 0.3) is 0 Å². The van der Waals surface area contributed by atoms with Gasteiger partial charge in [-0.2, -0.15) is 0 Å². The first-order chi connectivity index (χ1) is 12.4. The Labute approximate surface area is 156 Å². The second kappa shape index (κ2) is 9.62. The van der Waals surface area contributed by atoms with Gasteiger partial charge in [-0.3, -0.25) is 25.2 Å². The molecule has 0 saturated carbocycles. The molecule has 0 bridgehead atoms. The third kappa shape index (κ3) is 6.60. The highest BCUT2D eigenvalue weighted by atomic mass is 32.2. The topological polar surface area (TPSA) is 87.3 Å². The Kier molecular flexibility index (Phi) is 7.23. The molecule has 0 spiro atoms. The number of carbonyl (C=O) groups excluding carboxylic acids is 3. The van der Waals surface area contributed by atoms with E-state index in [1.54, 1.807) is 18.2 Å². The van der Waals surface area contributed by atoms with Gasteiger partial charge in [-0.25, -0.2) is 0 Å². The number of amides is 3. The van der Waals surface area contributed by atoms with Crippen molar-refractivity contribution in [2.24, 2.45) is 0 Å². The Morgan fingerprint density at radius 2 is 1.58 bits per heavy atom. The summed E-state index contributed by atoms with van der Waals surface area (Å²) < 4.78 is 0. The highest BCUT2D eigenvalue weighted by Gasteiger charge is 2.09. The Hall–Kier alpha value is -2.80. The third-order valence-electron chi connectivity index (χ3n) is 3.42. The van der Waals surface area contributed by atoms with E-state index in [1.807, 2.05) is 44.2 Å². The zero-order chi connectivity index (χ0) is 18.9. The van der Waals surface area contributed by atoms with Crippen LogP contribution in [0, 0.1) is 13.8 Å². The molecule has 2 aromatic rings. The molecule has 3 N–H and O–H groups in total. The van der Waals surface area contributed by atoms with Crippen molar-refractivity contribution in [1.29, 1.82) is 0 Å². The number of aryl methyl sites for hydroxylation is 2. The quantitative estimate of drug-likeness (QED) is 0.535. The fourth-order valence-corrected chi connectivity index (χ4v) is 2.75. The number of benzene rings is 2. The Morgan fingerprint density at radius 1 is 0.885 bits per heavy atom. The van der Waals surface area contributed by atoms with Crippen LogP contribution in [-0.2, 0) is 9.59 Å². The van der Waals surface area contributed by atoms with E-state index in [9.17, 15) is 14.4 Å². The van der Waals surface area contributed by atoms with Crippen molar-refractivity contribution in [3.05, 3.63) is 65.2 Å². The molecule has 7 heteroatoms. The minimum absolute atomic E-state index is 0.180. The number of hydrogen-bond donors (Lipinski definition) is 3. The van der Waals surface area contributed by atoms with Crippen LogP contribution >= 0.6 is 11.8 Å². The van der Waals surface area contributed by atoms with Gasteiger partial charge in [0, 0.05) is 10.5 Å². The zero-order valence-corrected chi connectivity index (χ0v) is 15.5. The van der Waals surface area contributed by atoms with Crippen molar-refractivity contribution in [3.8, 4) is 0 Å². The minimum atomic E-state index is -0.500. The number of carbonyl (C=O) groups is 3. The summed E-state index contributed by atoms with van der Waals surface area (Å²) in [7, 11) is 0. The first-order valence-electron chi connectivity index (χ1n) is 8.06. The van der Waals surface area contributed by atoms with Gasteiger partial charge in [0.15, 0.2) is 0 Å².